The van der Waals surface area contributed by atoms with E-state index in [4.69, 9.17) is 9.72 Å². The molecule has 0 fully saturated rings. The van der Waals surface area contributed by atoms with Gasteiger partial charge in [0.1, 0.15) is 23.0 Å². The largest absolute Gasteiger partial charge is 0.488 e. The van der Waals surface area contributed by atoms with Crippen LogP contribution in [0.4, 0.5) is 0 Å². The maximum absolute atomic E-state index is 13.2. The molecule has 0 bridgehead atoms. The molecule has 0 amide bonds. The van der Waals surface area contributed by atoms with Gasteiger partial charge in [-0.25, -0.2) is 4.98 Å². The van der Waals surface area contributed by atoms with Crippen LogP contribution in [0.3, 0.4) is 0 Å². The molecule has 0 saturated heterocycles. The van der Waals surface area contributed by atoms with Gasteiger partial charge in [0.05, 0.1) is 10.9 Å². The Morgan fingerprint density at radius 1 is 1.12 bits per heavy atom. The number of aromatic amines is 1. The van der Waals surface area contributed by atoms with Crippen LogP contribution < -0.4 is 10.3 Å². The van der Waals surface area contributed by atoms with Crippen LogP contribution in [0.25, 0.3) is 21.6 Å². The Balaban J connectivity index is 1.49. The average molecular weight is 459 g/mol. The van der Waals surface area contributed by atoms with Gasteiger partial charge in [-0.1, -0.05) is 62.7 Å². The highest BCUT2D eigenvalue weighted by molar-refractivity contribution is 7.18. The summed E-state index contributed by atoms with van der Waals surface area (Å²) in [4.78, 5) is 23.3. The standard InChI is InChI=1S/C28H30N2O2S/c1-17-9-11-18(12-10-17)16-32-22-8-6-5-7-20(22)25-29-26(31)24-21-14-13-19(28(2,3)4)15-23(21)33-27(24)30-25/h5-12,19H,13-16H2,1-4H3,(H,29,30,31). The maximum atomic E-state index is 13.2. The first-order valence-electron chi connectivity index (χ1n) is 11.6. The first kappa shape index (κ1) is 21.9. The second-order valence-electron chi connectivity index (χ2n) is 10.2. The van der Waals surface area contributed by atoms with Crippen molar-refractivity contribution in [1.29, 1.82) is 0 Å². The van der Waals surface area contributed by atoms with E-state index in [0.717, 1.165) is 46.4 Å². The number of para-hydroxylation sites is 1. The molecule has 0 saturated carbocycles. The normalized spacial score (nSPS) is 16.1. The van der Waals surface area contributed by atoms with Gasteiger partial charge in [0, 0.05) is 4.88 Å². The number of aromatic nitrogens is 2. The van der Waals surface area contributed by atoms with E-state index in [0.29, 0.717) is 18.3 Å². The fourth-order valence-corrected chi connectivity index (χ4v) is 5.98. The Labute approximate surface area is 198 Å². The third-order valence-electron chi connectivity index (χ3n) is 6.80. The van der Waals surface area contributed by atoms with Gasteiger partial charge in [-0.05, 0) is 60.8 Å². The molecule has 1 N–H and O–H groups in total. The number of fused-ring (bicyclic) bond motifs is 3. The molecule has 0 spiro atoms. The van der Waals surface area contributed by atoms with Gasteiger partial charge >= 0.3 is 0 Å². The van der Waals surface area contributed by atoms with Crippen LogP contribution >= 0.6 is 11.3 Å². The van der Waals surface area contributed by atoms with Gasteiger partial charge in [-0.2, -0.15) is 0 Å². The lowest BCUT2D eigenvalue weighted by Gasteiger charge is -2.33. The molecule has 0 radical (unpaired) electrons. The lowest BCUT2D eigenvalue weighted by atomic mass is 9.72. The summed E-state index contributed by atoms with van der Waals surface area (Å²) < 4.78 is 6.14. The summed E-state index contributed by atoms with van der Waals surface area (Å²) in [5.41, 5.74) is 4.57. The second-order valence-corrected chi connectivity index (χ2v) is 11.3. The number of H-pyrrole nitrogens is 1. The number of hydrogen-bond donors (Lipinski definition) is 1. The van der Waals surface area contributed by atoms with Crippen molar-refractivity contribution in [2.24, 2.45) is 11.3 Å². The van der Waals surface area contributed by atoms with Gasteiger partial charge in [0.15, 0.2) is 0 Å². The average Bonchev–Trinajstić information content (AvgIpc) is 3.16. The lowest BCUT2D eigenvalue weighted by Crippen LogP contribution is -2.26. The summed E-state index contributed by atoms with van der Waals surface area (Å²) in [6, 6.07) is 16.1. The van der Waals surface area contributed by atoms with Crippen molar-refractivity contribution in [2.75, 3.05) is 0 Å². The lowest BCUT2D eigenvalue weighted by molar-refractivity contribution is 0.218. The van der Waals surface area contributed by atoms with Crippen LogP contribution in [0.2, 0.25) is 0 Å². The summed E-state index contributed by atoms with van der Waals surface area (Å²) in [5.74, 6) is 1.92. The first-order valence-corrected chi connectivity index (χ1v) is 12.4. The summed E-state index contributed by atoms with van der Waals surface area (Å²) in [6.45, 7) is 9.47. The van der Waals surface area contributed by atoms with Crippen molar-refractivity contribution in [3.05, 3.63) is 80.5 Å². The van der Waals surface area contributed by atoms with Gasteiger partial charge in [-0.3, -0.25) is 4.79 Å². The van der Waals surface area contributed by atoms with Crippen LogP contribution in [0.15, 0.2) is 53.3 Å². The Hall–Kier alpha value is -2.92. The minimum absolute atomic E-state index is 0.0463. The molecule has 170 valence electrons. The maximum Gasteiger partial charge on any atom is 0.260 e. The fourth-order valence-electron chi connectivity index (χ4n) is 4.68. The van der Waals surface area contributed by atoms with E-state index in [-0.39, 0.29) is 11.0 Å². The summed E-state index contributed by atoms with van der Waals surface area (Å²) in [7, 11) is 0. The minimum Gasteiger partial charge on any atom is -0.488 e. The predicted octanol–water partition coefficient (Wildman–Crippen LogP) is 6.69. The molecular weight excluding hydrogens is 428 g/mol. The quantitative estimate of drug-likeness (QED) is 0.371. The highest BCUT2D eigenvalue weighted by Gasteiger charge is 2.31. The molecule has 5 heteroatoms. The number of nitrogens with zero attached hydrogens (tertiary/aromatic N) is 1. The third-order valence-corrected chi connectivity index (χ3v) is 7.95. The van der Waals surface area contributed by atoms with Gasteiger partial charge < -0.3 is 9.72 Å². The highest BCUT2D eigenvalue weighted by atomic mass is 32.1. The number of benzene rings is 2. The number of hydrogen-bond acceptors (Lipinski definition) is 4. The van der Waals surface area contributed by atoms with Gasteiger partial charge in [0.25, 0.3) is 5.56 Å². The molecule has 0 aliphatic heterocycles. The smallest absolute Gasteiger partial charge is 0.260 e. The van der Waals surface area contributed by atoms with Crippen molar-refractivity contribution in [3.63, 3.8) is 0 Å². The number of thiophene rings is 1. The number of nitrogens with one attached hydrogen (secondary N) is 1. The van der Waals surface area contributed by atoms with Crippen LogP contribution in [-0.2, 0) is 19.4 Å². The van der Waals surface area contributed by atoms with Crippen molar-refractivity contribution in [1.82, 2.24) is 9.97 Å². The van der Waals surface area contributed by atoms with Crippen LogP contribution in [0, 0.1) is 18.3 Å². The second kappa shape index (κ2) is 8.45. The third kappa shape index (κ3) is 4.34. The Morgan fingerprint density at radius 3 is 2.64 bits per heavy atom. The number of ether oxygens (including phenoxy) is 1. The van der Waals surface area contributed by atoms with E-state index < -0.39 is 0 Å². The van der Waals surface area contributed by atoms with Crippen molar-refractivity contribution in [3.8, 4) is 17.1 Å². The first-order chi connectivity index (χ1) is 15.8. The van der Waals surface area contributed by atoms with Crippen LogP contribution in [-0.4, -0.2) is 9.97 Å². The highest BCUT2D eigenvalue weighted by Crippen LogP contribution is 2.42. The zero-order valence-corrected chi connectivity index (χ0v) is 20.5. The molecule has 4 nitrogen and oxygen atoms in total. The Morgan fingerprint density at radius 2 is 1.88 bits per heavy atom. The van der Waals surface area contributed by atoms with E-state index in [1.54, 1.807) is 11.3 Å². The number of aryl methyl sites for hydroxylation is 2. The van der Waals surface area contributed by atoms with Crippen LogP contribution in [0.1, 0.15) is 48.8 Å². The molecule has 1 unspecified atom stereocenters. The number of rotatable bonds is 4. The fraction of sp³-hybridized carbons (Fsp3) is 0.357. The summed E-state index contributed by atoms with van der Waals surface area (Å²) in [6.07, 6.45) is 3.11. The van der Waals surface area contributed by atoms with E-state index >= 15 is 0 Å². The molecule has 5 rings (SSSR count). The molecule has 33 heavy (non-hydrogen) atoms. The molecule has 2 aromatic carbocycles. The Kier molecular flexibility index (Phi) is 5.61. The van der Waals surface area contributed by atoms with E-state index in [2.05, 4.69) is 56.9 Å². The van der Waals surface area contributed by atoms with E-state index in [9.17, 15) is 4.79 Å². The predicted molar refractivity (Wildman–Crippen MR) is 136 cm³/mol. The molecule has 4 aromatic rings. The zero-order chi connectivity index (χ0) is 23.2. The van der Waals surface area contributed by atoms with Crippen molar-refractivity contribution in [2.45, 2.75) is 53.6 Å². The summed E-state index contributed by atoms with van der Waals surface area (Å²) >= 11 is 1.69. The molecule has 2 aromatic heterocycles. The van der Waals surface area contributed by atoms with E-state index in [1.807, 2.05) is 24.3 Å². The van der Waals surface area contributed by atoms with E-state index in [1.165, 1.54) is 16.0 Å². The molecule has 1 aliphatic carbocycles. The molecule has 1 atom stereocenters. The molecular formula is C28H30N2O2S. The van der Waals surface area contributed by atoms with Crippen molar-refractivity contribution < 1.29 is 4.74 Å². The Bertz CT molecular complexity index is 1360. The molecule has 2 heterocycles. The van der Waals surface area contributed by atoms with Crippen molar-refractivity contribution >= 4 is 21.6 Å². The van der Waals surface area contributed by atoms with Gasteiger partial charge in [-0.15, -0.1) is 11.3 Å². The monoisotopic (exact) mass is 458 g/mol. The topological polar surface area (TPSA) is 55.0 Å². The van der Waals surface area contributed by atoms with Crippen LogP contribution in [0.5, 0.6) is 5.75 Å². The minimum atomic E-state index is -0.0463. The van der Waals surface area contributed by atoms with Gasteiger partial charge in [0.2, 0.25) is 0 Å². The SMILES string of the molecule is Cc1ccc(COc2ccccc2-c2nc3sc4c(c3c(=O)[nH]2)CCC(C(C)(C)C)C4)cc1. The molecule has 1 aliphatic rings. The summed E-state index contributed by atoms with van der Waals surface area (Å²) in [5, 5.41) is 0.782. The zero-order valence-electron chi connectivity index (χ0n) is 19.7.